The molecule has 2 aliphatic rings. The molecule has 2 fully saturated rings. The molecule has 0 spiro atoms. The fourth-order valence-electron chi connectivity index (χ4n) is 4.19. The fraction of sp³-hybridized carbons (Fsp3) is 0.600. The SMILES string of the molecule is CC(c1ccc(C(=O)N2CCC(c3ncc[nH]3)CC2)o1)N1CCCCC1. The number of furan rings is 1. The molecule has 140 valence electrons. The first-order valence-electron chi connectivity index (χ1n) is 9.84. The maximum atomic E-state index is 12.8. The van der Waals surface area contributed by atoms with Gasteiger partial charge >= 0.3 is 0 Å². The zero-order valence-electron chi connectivity index (χ0n) is 15.5. The maximum absolute atomic E-state index is 12.8. The first-order chi connectivity index (χ1) is 12.7. The number of piperidine rings is 2. The lowest BCUT2D eigenvalue weighted by atomic mass is 9.96. The lowest BCUT2D eigenvalue weighted by Crippen LogP contribution is -2.38. The van der Waals surface area contributed by atoms with Crippen molar-refractivity contribution in [2.75, 3.05) is 26.2 Å². The molecule has 6 heteroatoms. The van der Waals surface area contributed by atoms with E-state index in [1.165, 1.54) is 19.3 Å². The molecule has 4 rings (SSSR count). The van der Waals surface area contributed by atoms with Gasteiger partial charge in [-0.1, -0.05) is 6.42 Å². The number of imidazole rings is 1. The number of carbonyl (C=O) groups excluding carboxylic acids is 1. The number of likely N-dealkylation sites (tertiary alicyclic amines) is 2. The maximum Gasteiger partial charge on any atom is 0.289 e. The monoisotopic (exact) mass is 356 g/mol. The van der Waals surface area contributed by atoms with Crippen molar-refractivity contribution in [1.29, 1.82) is 0 Å². The van der Waals surface area contributed by atoms with Crippen molar-refractivity contribution in [2.24, 2.45) is 0 Å². The Balaban J connectivity index is 1.36. The average Bonchev–Trinajstić information content (AvgIpc) is 3.40. The highest BCUT2D eigenvalue weighted by Gasteiger charge is 2.28. The Morgan fingerprint density at radius 2 is 1.96 bits per heavy atom. The standard InChI is InChI=1S/C20H28N4O2/c1-15(23-11-3-2-4-12-23)17-5-6-18(26-17)20(25)24-13-7-16(8-14-24)19-21-9-10-22-19/h5-6,9-10,15-16H,2-4,7-8,11-14H2,1H3,(H,21,22). The number of rotatable bonds is 4. The zero-order chi connectivity index (χ0) is 17.9. The van der Waals surface area contributed by atoms with E-state index in [4.69, 9.17) is 4.42 Å². The number of nitrogens with zero attached hydrogens (tertiary/aromatic N) is 3. The third-order valence-corrected chi connectivity index (χ3v) is 5.88. The van der Waals surface area contributed by atoms with Crippen LogP contribution in [-0.4, -0.2) is 51.9 Å². The van der Waals surface area contributed by atoms with Gasteiger partial charge in [-0.05, 0) is 57.8 Å². The van der Waals surface area contributed by atoms with Crippen molar-refractivity contribution in [3.05, 3.63) is 41.9 Å². The van der Waals surface area contributed by atoms with Crippen LogP contribution >= 0.6 is 0 Å². The van der Waals surface area contributed by atoms with Crippen molar-refractivity contribution in [2.45, 2.75) is 51.0 Å². The highest BCUT2D eigenvalue weighted by Crippen LogP contribution is 2.28. The highest BCUT2D eigenvalue weighted by atomic mass is 16.4. The van der Waals surface area contributed by atoms with Gasteiger partial charge in [0.15, 0.2) is 5.76 Å². The second-order valence-corrected chi connectivity index (χ2v) is 7.52. The number of hydrogen-bond acceptors (Lipinski definition) is 4. The molecule has 1 amide bonds. The summed E-state index contributed by atoms with van der Waals surface area (Å²) < 4.78 is 5.96. The van der Waals surface area contributed by atoms with Crippen LogP contribution in [0.25, 0.3) is 0 Å². The number of amides is 1. The Morgan fingerprint density at radius 3 is 2.65 bits per heavy atom. The van der Waals surface area contributed by atoms with Crippen LogP contribution in [0.4, 0.5) is 0 Å². The Labute approximate surface area is 154 Å². The Hall–Kier alpha value is -2.08. The zero-order valence-corrected chi connectivity index (χ0v) is 15.5. The van der Waals surface area contributed by atoms with Crippen molar-refractivity contribution >= 4 is 5.91 Å². The number of carbonyl (C=O) groups is 1. The molecule has 0 bridgehead atoms. The van der Waals surface area contributed by atoms with Gasteiger partial charge in [0, 0.05) is 31.4 Å². The van der Waals surface area contributed by atoms with E-state index in [1.54, 1.807) is 6.20 Å². The van der Waals surface area contributed by atoms with Gasteiger partial charge in [0.25, 0.3) is 5.91 Å². The van der Waals surface area contributed by atoms with E-state index in [9.17, 15) is 4.79 Å². The van der Waals surface area contributed by atoms with E-state index in [0.29, 0.717) is 11.7 Å². The number of nitrogens with one attached hydrogen (secondary N) is 1. The van der Waals surface area contributed by atoms with Crippen molar-refractivity contribution < 1.29 is 9.21 Å². The smallest absolute Gasteiger partial charge is 0.289 e. The molecule has 0 saturated carbocycles. The summed E-state index contributed by atoms with van der Waals surface area (Å²) in [5.74, 6) is 2.84. The molecule has 2 aliphatic heterocycles. The van der Waals surface area contributed by atoms with Crippen LogP contribution in [-0.2, 0) is 0 Å². The minimum absolute atomic E-state index is 0.0139. The summed E-state index contributed by atoms with van der Waals surface area (Å²) in [4.78, 5) is 24.7. The normalized spacial score (nSPS) is 21.0. The molecule has 2 aromatic heterocycles. The Bertz CT molecular complexity index is 710. The minimum atomic E-state index is 0.0139. The molecule has 0 aliphatic carbocycles. The summed E-state index contributed by atoms with van der Waals surface area (Å²) >= 11 is 0. The number of aromatic amines is 1. The van der Waals surface area contributed by atoms with E-state index in [1.807, 2.05) is 23.2 Å². The van der Waals surface area contributed by atoms with Crippen LogP contribution in [0.1, 0.15) is 73.1 Å². The fourth-order valence-corrected chi connectivity index (χ4v) is 4.19. The molecule has 0 aromatic carbocycles. The lowest BCUT2D eigenvalue weighted by Gasteiger charge is -2.31. The molecule has 2 saturated heterocycles. The number of H-pyrrole nitrogens is 1. The van der Waals surface area contributed by atoms with E-state index in [2.05, 4.69) is 21.8 Å². The van der Waals surface area contributed by atoms with Gasteiger partial charge in [0.05, 0.1) is 6.04 Å². The summed E-state index contributed by atoms with van der Waals surface area (Å²) in [6.45, 7) is 5.91. The lowest BCUT2D eigenvalue weighted by molar-refractivity contribution is 0.0671. The Kier molecular flexibility index (Phi) is 5.11. The van der Waals surface area contributed by atoms with Crippen molar-refractivity contribution in [3.8, 4) is 0 Å². The summed E-state index contributed by atoms with van der Waals surface area (Å²) in [6.07, 6.45) is 9.36. The molecule has 0 radical (unpaired) electrons. The third-order valence-electron chi connectivity index (χ3n) is 5.88. The van der Waals surface area contributed by atoms with Crippen LogP contribution in [0.3, 0.4) is 0 Å². The molecule has 1 unspecified atom stereocenters. The second-order valence-electron chi connectivity index (χ2n) is 7.52. The average molecular weight is 356 g/mol. The number of hydrogen-bond donors (Lipinski definition) is 1. The molecule has 1 atom stereocenters. The molecule has 6 nitrogen and oxygen atoms in total. The van der Waals surface area contributed by atoms with Gasteiger partial charge in [0.1, 0.15) is 11.6 Å². The van der Waals surface area contributed by atoms with E-state index >= 15 is 0 Å². The summed E-state index contributed by atoms with van der Waals surface area (Å²) in [6, 6.07) is 4.06. The summed E-state index contributed by atoms with van der Waals surface area (Å²) in [7, 11) is 0. The van der Waals surface area contributed by atoms with Gasteiger partial charge in [-0.15, -0.1) is 0 Å². The second kappa shape index (κ2) is 7.66. The highest BCUT2D eigenvalue weighted by molar-refractivity contribution is 5.91. The van der Waals surface area contributed by atoms with Gasteiger partial charge in [0.2, 0.25) is 0 Å². The van der Waals surface area contributed by atoms with Gasteiger partial charge in [-0.25, -0.2) is 4.98 Å². The number of aromatic nitrogens is 2. The molecule has 4 heterocycles. The van der Waals surface area contributed by atoms with E-state index in [-0.39, 0.29) is 11.9 Å². The first-order valence-corrected chi connectivity index (χ1v) is 9.84. The quantitative estimate of drug-likeness (QED) is 0.909. The largest absolute Gasteiger partial charge is 0.454 e. The summed E-state index contributed by atoms with van der Waals surface area (Å²) in [5, 5.41) is 0. The molecule has 2 aromatic rings. The molecular formula is C20H28N4O2. The van der Waals surface area contributed by atoms with Gasteiger partial charge in [-0.3, -0.25) is 9.69 Å². The van der Waals surface area contributed by atoms with Crippen LogP contribution in [0, 0.1) is 0 Å². The molecule has 1 N–H and O–H groups in total. The third kappa shape index (κ3) is 3.56. The van der Waals surface area contributed by atoms with E-state index < -0.39 is 0 Å². The topological polar surface area (TPSA) is 65.4 Å². The van der Waals surface area contributed by atoms with E-state index in [0.717, 1.165) is 50.6 Å². The van der Waals surface area contributed by atoms with Gasteiger partial charge in [-0.2, -0.15) is 0 Å². The predicted molar refractivity (Wildman–Crippen MR) is 99.0 cm³/mol. The van der Waals surface area contributed by atoms with Crippen molar-refractivity contribution in [1.82, 2.24) is 19.8 Å². The molecule has 26 heavy (non-hydrogen) atoms. The van der Waals surface area contributed by atoms with Crippen molar-refractivity contribution in [3.63, 3.8) is 0 Å². The van der Waals surface area contributed by atoms with Crippen LogP contribution < -0.4 is 0 Å². The Morgan fingerprint density at radius 1 is 1.19 bits per heavy atom. The predicted octanol–water partition coefficient (Wildman–Crippen LogP) is 3.57. The summed E-state index contributed by atoms with van der Waals surface area (Å²) in [5.41, 5.74) is 0. The van der Waals surface area contributed by atoms with Crippen LogP contribution in [0.15, 0.2) is 28.9 Å². The molecular weight excluding hydrogens is 328 g/mol. The first kappa shape index (κ1) is 17.3. The van der Waals surface area contributed by atoms with Gasteiger partial charge < -0.3 is 14.3 Å². The van der Waals surface area contributed by atoms with Crippen LogP contribution in [0.5, 0.6) is 0 Å². The van der Waals surface area contributed by atoms with Crippen LogP contribution in [0.2, 0.25) is 0 Å². The minimum Gasteiger partial charge on any atom is -0.454 e.